The Balaban J connectivity index is 1.66. The molecule has 1 fully saturated rings. The number of nitrogens with zero attached hydrogens (tertiary/aromatic N) is 1. The van der Waals surface area contributed by atoms with Crippen molar-refractivity contribution >= 4 is 0 Å². The summed E-state index contributed by atoms with van der Waals surface area (Å²) in [6.45, 7) is 7.04. The lowest BCUT2D eigenvalue weighted by atomic mass is 9.93. The maximum Gasteiger partial charge on any atom is 0.0247 e. The molecule has 1 aromatic rings. The summed E-state index contributed by atoms with van der Waals surface area (Å²) >= 11 is 0. The summed E-state index contributed by atoms with van der Waals surface area (Å²) in [6, 6.07) is 12.9. The van der Waals surface area contributed by atoms with Gasteiger partial charge in [-0.25, -0.2) is 0 Å². The van der Waals surface area contributed by atoms with Crippen LogP contribution < -0.4 is 5.32 Å². The Morgan fingerprint density at radius 1 is 1.14 bits per heavy atom. The molecule has 2 atom stereocenters. The lowest BCUT2D eigenvalue weighted by molar-refractivity contribution is 0.0600. The van der Waals surface area contributed by atoms with Crippen molar-refractivity contribution in [3.8, 4) is 0 Å². The first kappa shape index (κ1) is 14.8. The average Bonchev–Trinajstić information content (AvgIpc) is 3.02. The third-order valence-electron chi connectivity index (χ3n) is 5.02. The van der Waals surface area contributed by atoms with Crippen LogP contribution in [0.3, 0.4) is 0 Å². The Morgan fingerprint density at radius 3 is 2.52 bits per heavy atom. The fourth-order valence-corrected chi connectivity index (χ4v) is 3.81. The van der Waals surface area contributed by atoms with Crippen LogP contribution in [-0.2, 0) is 6.42 Å². The number of rotatable bonds is 4. The van der Waals surface area contributed by atoms with Gasteiger partial charge in [-0.2, -0.15) is 0 Å². The van der Waals surface area contributed by atoms with Gasteiger partial charge >= 0.3 is 0 Å². The van der Waals surface area contributed by atoms with E-state index in [2.05, 4.69) is 66.5 Å². The second-order valence-electron chi connectivity index (χ2n) is 6.90. The van der Waals surface area contributed by atoms with E-state index in [1.165, 1.54) is 24.9 Å². The number of benzene rings is 1. The predicted molar refractivity (Wildman–Crippen MR) is 89.4 cm³/mol. The van der Waals surface area contributed by atoms with Gasteiger partial charge in [-0.05, 0) is 30.7 Å². The lowest BCUT2D eigenvalue weighted by Crippen LogP contribution is -2.61. The highest BCUT2D eigenvalue weighted by molar-refractivity contribution is 5.16. The normalized spacial score (nSPS) is 27.6. The molecule has 1 saturated heterocycles. The molecule has 0 bridgehead atoms. The summed E-state index contributed by atoms with van der Waals surface area (Å²) in [7, 11) is 0. The molecule has 2 nitrogen and oxygen atoms in total. The van der Waals surface area contributed by atoms with E-state index in [1.54, 1.807) is 0 Å². The van der Waals surface area contributed by atoms with Crippen molar-refractivity contribution in [1.82, 2.24) is 10.2 Å². The summed E-state index contributed by atoms with van der Waals surface area (Å²) in [4.78, 5) is 2.79. The molecule has 21 heavy (non-hydrogen) atoms. The zero-order valence-corrected chi connectivity index (χ0v) is 13.3. The predicted octanol–water partition coefficient (Wildman–Crippen LogP) is 3.25. The summed E-state index contributed by atoms with van der Waals surface area (Å²) in [5.74, 6) is 0.718. The maximum absolute atomic E-state index is 3.79. The summed E-state index contributed by atoms with van der Waals surface area (Å²) in [5.41, 5.74) is 1.45. The van der Waals surface area contributed by atoms with Gasteiger partial charge in [0.2, 0.25) is 0 Å². The van der Waals surface area contributed by atoms with Crippen molar-refractivity contribution in [3.63, 3.8) is 0 Å². The molecule has 1 aromatic carbocycles. The molecule has 0 radical (unpaired) electrons. The van der Waals surface area contributed by atoms with E-state index in [0.29, 0.717) is 12.1 Å². The van der Waals surface area contributed by atoms with Gasteiger partial charge in [0, 0.05) is 31.2 Å². The Bertz CT molecular complexity index is 458. The molecule has 3 rings (SSSR count). The molecular formula is C19H28N2. The number of hydrogen-bond acceptors (Lipinski definition) is 2. The van der Waals surface area contributed by atoms with Crippen molar-refractivity contribution in [2.24, 2.45) is 5.92 Å². The lowest BCUT2D eigenvalue weighted by Gasteiger charge is -2.45. The fourth-order valence-electron chi connectivity index (χ4n) is 3.81. The maximum atomic E-state index is 3.79. The molecule has 2 heteroatoms. The van der Waals surface area contributed by atoms with Crippen LogP contribution in [0.4, 0.5) is 0 Å². The average molecular weight is 284 g/mol. The standard InChI is InChI=1S/C19H28N2/c1-15(2)19-13-20-17(12-16-8-4-3-5-9-16)14-21(19)18-10-6-7-11-18/h3-9,15,17-20H,10-14H2,1-2H3. The van der Waals surface area contributed by atoms with E-state index >= 15 is 0 Å². The summed E-state index contributed by atoms with van der Waals surface area (Å²) in [5, 5.41) is 3.79. The van der Waals surface area contributed by atoms with Crippen LogP contribution in [0.15, 0.2) is 42.5 Å². The third kappa shape index (κ3) is 3.56. The minimum Gasteiger partial charge on any atom is -0.311 e. The van der Waals surface area contributed by atoms with E-state index < -0.39 is 0 Å². The van der Waals surface area contributed by atoms with E-state index in [0.717, 1.165) is 24.9 Å². The third-order valence-corrected chi connectivity index (χ3v) is 5.02. The van der Waals surface area contributed by atoms with Crippen molar-refractivity contribution in [2.75, 3.05) is 13.1 Å². The first-order valence-electron chi connectivity index (χ1n) is 8.42. The van der Waals surface area contributed by atoms with Gasteiger partial charge in [0.1, 0.15) is 0 Å². The van der Waals surface area contributed by atoms with Crippen molar-refractivity contribution in [2.45, 2.75) is 51.2 Å². The topological polar surface area (TPSA) is 15.3 Å². The summed E-state index contributed by atoms with van der Waals surface area (Å²) < 4.78 is 0. The molecule has 0 aromatic heterocycles. The molecule has 1 aliphatic heterocycles. The van der Waals surface area contributed by atoms with Crippen LogP contribution in [0.5, 0.6) is 0 Å². The molecule has 1 aliphatic carbocycles. The van der Waals surface area contributed by atoms with Crippen LogP contribution in [0.1, 0.15) is 32.3 Å². The Labute approximate surface area is 129 Å². The van der Waals surface area contributed by atoms with Crippen LogP contribution in [0.2, 0.25) is 0 Å². The molecule has 1 heterocycles. The number of hydrogen-bond donors (Lipinski definition) is 1. The van der Waals surface area contributed by atoms with Gasteiger partial charge in [0.25, 0.3) is 0 Å². The first-order valence-corrected chi connectivity index (χ1v) is 8.42. The number of piperazine rings is 1. The van der Waals surface area contributed by atoms with Gasteiger partial charge in [0.05, 0.1) is 0 Å². The zero-order chi connectivity index (χ0) is 14.7. The Kier molecular flexibility index (Phi) is 4.77. The highest BCUT2D eigenvalue weighted by Crippen LogP contribution is 2.25. The van der Waals surface area contributed by atoms with Crippen LogP contribution in [0.25, 0.3) is 0 Å². The van der Waals surface area contributed by atoms with Crippen LogP contribution >= 0.6 is 0 Å². The zero-order valence-electron chi connectivity index (χ0n) is 13.3. The number of nitrogens with one attached hydrogen (secondary N) is 1. The highest BCUT2D eigenvalue weighted by Gasteiger charge is 2.34. The van der Waals surface area contributed by atoms with Crippen molar-refractivity contribution < 1.29 is 0 Å². The van der Waals surface area contributed by atoms with E-state index in [9.17, 15) is 0 Å². The molecule has 2 unspecified atom stereocenters. The second kappa shape index (κ2) is 6.76. The summed E-state index contributed by atoms with van der Waals surface area (Å²) in [6.07, 6.45) is 8.33. The second-order valence-corrected chi connectivity index (χ2v) is 6.90. The first-order chi connectivity index (χ1) is 10.2. The molecule has 0 saturated carbocycles. The molecule has 2 aliphatic rings. The van der Waals surface area contributed by atoms with Gasteiger partial charge in [-0.1, -0.05) is 56.3 Å². The largest absolute Gasteiger partial charge is 0.311 e. The van der Waals surface area contributed by atoms with Crippen LogP contribution in [0, 0.1) is 5.92 Å². The molecule has 114 valence electrons. The molecule has 0 spiro atoms. The van der Waals surface area contributed by atoms with Gasteiger partial charge < -0.3 is 5.32 Å². The van der Waals surface area contributed by atoms with E-state index in [1.807, 2.05) is 0 Å². The van der Waals surface area contributed by atoms with Gasteiger partial charge in [-0.15, -0.1) is 0 Å². The Morgan fingerprint density at radius 2 is 1.86 bits per heavy atom. The monoisotopic (exact) mass is 284 g/mol. The molecular weight excluding hydrogens is 256 g/mol. The highest BCUT2D eigenvalue weighted by atomic mass is 15.3. The van der Waals surface area contributed by atoms with Crippen molar-refractivity contribution in [3.05, 3.63) is 48.0 Å². The molecule has 1 N–H and O–H groups in total. The SMILES string of the molecule is CC(C)C1CNC(Cc2ccccc2)CN1C1CC=CC1. The quantitative estimate of drug-likeness (QED) is 0.854. The van der Waals surface area contributed by atoms with Crippen molar-refractivity contribution in [1.29, 1.82) is 0 Å². The van der Waals surface area contributed by atoms with Gasteiger partial charge in [-0.3, -0.25) is 4.90 Å². The minimum absolute atomic E-state index is 0.586. The van der Waals surface area contributed by atoms with Gasteiger partial charge in [0.15, 0.2) is 0 Å². The Hall–Kier alpha value is -1.12. The van der Waals surface area contributed by atoms with E-state index in [-0.39, 0.29) is 0 Å². The molecule has 0 amide bonds. The smallest absolute Gasteiger partial charge is 0.0247 e. The minimum atomic E-state index is 0.586. The van der Waals surface area contributed by atoms with E-state index in [4.69, 9.17) is 0 Å². The van der Waals surface area contributed by atoms with Crippen LogP contribution in [-0.4, -0.2) is 36.1 Å². The fraction of sp³-hybridized carbons (Fsp3) is 0.579.